The molecule has 0 atom stereocenters. The molecule has 4 nitrogen and oxygen atoms in total. The van der Waals surface area contributed by atoms with Crippen molar-refractivity contribution < 1.29 is 19.1 Å². The van der Waals surface area contributed by atoms with Gasteiger partial charge in [-0.15, -0.1) is 0 Å². The van der Waals surface area contributed by atoms with Gasteiger partial charge in [0.15, 0.2) is 5.82 Å². The summed E-state index contributed by atoms with van der Waals surface area (Å²) >= 11 is 5.46. The molecule has 0 aliphatic heterocycles. The molecule has 0 saturated heterocycles. The number of hydrogen-bond acceptors (Lipinski definition) is 2. The maximum absolute atomic E-state index is 13.1. The van der Waals surface area contributed by atoms with Crippen LogP contribution in [0.1, 0.15) is 17.3 Å². The average molecular weight is 232 g/mol. The maximum atomic E-state index is 13.1. The molecule has 0 aliphatic carbocycles. The van der Waals surface area contributed by atoms with E-state index in [0.29, 0.717) is 0 Å². The molecular formula is C9H7ClFNO3. The summed E-state index contributed by atoms with van der Waals surface area (Å²) in [5.74, 6) is -2.85. The molecule has 0 aromatic heterocycles. The Kier molecular flexibility index (Phi) is 3.26. The van der Waals surface area contributed by atoms with Crippen molar-refractivity contribution in [3.8, 4) is 0 Å². The highest BCUT2D eigenvalue weighted by Crippen LogP contribution is 2.23. The number of nitrogens with one attached hydrogen (secondary N) is 1. The van der Waals surface area contributed by atoms with Crippen LogP contribution in [0, 0.1) is 5.82 Å². The van der Waals surface area contributed by atoms with Gasteiger partial charge in [0.05, 0.1) is 10.6 Å². The van der Waals surface area contributed by atoms with Crippen LogP contribution in [0.2, 0.25) is 5.02 Å². The summed E-state index contributed by atoms with van der Waals surface area (Å²) in [4.78, 5) is 21.3. The van der Waals surface area contributed by atoms with Gasteiger partial charge < -0.3 is 10.4 Å². The van der Waals surface area contributed by atoms with Crippen molar-refractivity contribution in [2.24, 2.45) is 0 Å². The number of benzene rings is 1. The molecule has 2 N–H and O–H groups in total. The molecule has 1 rings (SSSR count). The van der Waals surface area contributed by atoms with Crippen molar-refractivity contribution in [3.05, 3.63) is 28.5 Å². The summed E-state index contributed by atoms with van der Waals surface area (Å²) in [5, 5.41) is 10.6. The van der Waals surface area contributed by atoms with Gasteiger partial charge in [-0.3, -0.25) is 4.79 Å². The highest BCUT2D eigenvalue weighted by atomic mass is 35.5. The molecule has 0 unspecified atom stereocenters. The van der Waals surface area contributed by atoms with Crippen LogP contribution in [0.3, 0.4) is 0 Å². The SMILES string of the molecule is CC(=O)Nc1cc(Cl)c(F)c(C(=O)O)c1. The molecule has 0 radical (unpaired) electrons. The van der Waals surface area contributed by atoms with Crippen LogP contribution < -0.4 is 5.32 Å². The second-order valence-corrected chi connectivity index (χ2v) is 3.21. The van der Waals surface area contributed by atoms with Crippen molar-refractivity contribution in [3.63, 3.8) is 0 Å². The zero-order valence-electron chi connectivity index (χ0n) is 7.67. The zero-order valence-corrected chi connectivity index (χ0v) is 8.43. The number of amides is 1. The van der Waals surface area contributed by atoms with Crippen LogP contribution in [-0.2, 0) is 4.79 Å². The summed E-state index contributed by atoms with van der Waals surface area (Å²) in [6.07, 6.45) is 0. The van der Waals surface area contributed by atoms with Crippen LogP contribution >= 0.6 is 11.6 Å². The highest BCUT2D eigenvalue weighted by Gasteiger charge is 2.15. The third-order valence-electron chi connectivity index (χ3n) is 1.58. The monoisotopic (exact) mass is 231 g/mol. The van der Waals surface area contributed by atoms with E-state index in [1.807, 2.05) is 0 Å². The second kappa shape index (κ2) is 4.27. The lowest BCUT2D eigenvalue weighted by atomic mass is 10.2. The molecule has 0 aliphatic rings. The van der Waals surface area contributed by atoms with E-state index in [1.54, 1.807) is 0 Å². The van der Waals surface area contributed by atoms with Gasteiger partial charge in [0.2, 0.25) is 5.91 Å². The fraction of sp³-hybridized carbons (Fsp3) is 0.111. The first-order valence-corrected chi connectivity index (χ1v) is 4.29. The van der Waals surface area contributed by atoms with Gasteiger partial charge in [-0.05, 0) is 12.1 Å². The predicted octanol–water partition coefficient (Wildman–Crippen LogP) is 2.14. The minimum absolute atomic E-state index is 0.145. The van der Waals surface area contributed by atoms with E-state index >= 15 is 0 Å². The third kappa shape index (κ3) is 2.66. The largest absolute Gasteiger partial charge is 0.478 e. The number of carbonyl (C=O) groups is 2. The smallest absolute Gasteiger partial charge is 0.338 e. The average Bonchev–Trinajstić information content (AvgIpc) is 2.09. The summed E-state index contributed by atoms with van der Waals surface area (Å²) in [6.45, 7) is 1.25. The second-order valence-electron chi connectivity index (χ2n) is 2.81. The maximum Gasteiger partial charge on any atom is 0.338 e. The van der Waals surface area contributed by atoms with Crippen LogP contribution in [0.5, 0.6) is 0 Å². The Bertz CT molecular complexity index is 434. The number of rotatable bonds is 2. The number of carboxylic acids is 1. The van der Waals surface area contributed by atoms with Crippen molar-refractivity contribution in [2.45, 2.75) is 6.92 Å². The van der Waals surface area contributed by atoms with Gasteiger partial charge >= 0.3 is 5.97 Å². The minimum atomic E-state index is -1.44. The number of carbonyl (C=O) groups excluding carboxylic acids is 1. The van der Waals surface area contributed by atoms with Gasteiger partial charge in [-0.2, -0.15) is 0 Å². The van der Waals surface area contributed by atoms with E-state index < -0.39 is 23.3 Å². The molecular weight excluding hydrogens is 225 g/mol. The molecule has 15 heavy (non-hydrogen) atoms. The fourth-order valence-electron chi connectivity index (χ4n) is 1.02. The first kappa shape index (κ1) is 11.5. The van der Waals surface area contributed by atoms with E-state index in [9.17, 15) is 14.0 Å². The Morgan fingerprint density at radius 3 is 2.53 bits per heavy atom. The molecule has 0 bridgehead atoms. The van der Waals surface area contributed by atoms with E-state index in [2.05, 4.69) is 5.32 Å². The van der Waals surface area contributed by atoms with Gasteiger partial charge in [0.1, 0.15) is 0 Å². The Morgan fingerprint density at radius 2 is 2.07 bits per heavy atom. The van der Waals surface area contributed by atoms with E-state index in [4.69, 9.17) is 16.7 Å². The van der Waals surface area contributed by atoms with Crippen LogP contribution in [0.15, 0.2) is 12.1 Å². The fourth-order valence-corrected chi connectivity index (χ4v) is 1.24. The van der Waals surface area contributed by atoms with Gasteiger partial charge in [0.25, 0.3) is 0 Å². The van der Waals surface area contributed by atoms with Gasteiger partial charge in [-0.25, -0.2) is 9.18 Å². The molecule has 80 valence electrons. The molecule has 0 heterocycles. The molecule has 1 aromatic carbocycles. The summed E-state index contributed by atoms with van der Waals surface area (Å²) in [7, 11) is 0. The molecule has 0 fully saturated rings. The van der Waals surface area contributed by atoms with Crippen LogP contribution in [0.4, 0.5) is 10.1 Å². The Balaban J connectivity index is 3.23. The van der Waals surface area contributed by atoms with Crippen molar-refractivity contribution >= 4 is 29.2 Å². The standard InChI is InChI=1S/C9H7ClFNO3/c1-4(13)12-5-2-6(9(14)15)8(11)7(10)3-5/h2-3H,1H3,(H,12,13)(H,14,15). The molecule has 1 aromatic rings. The summed E-state index contributed by atoms with van der Waals surface area (Å²) in [5.41, 5.74) is -0.433. The highest BCUT2D eigenvalue weighted by molar-refractivity contribution is 6.31. The Labute approximate surface area is 89.7 Å². The predicted molar refractivity (Wildman–Crippen MR) is 52.7 cm³/mol. The van der Waals surface area contributed by atoms with Crippen molar-refractivity contribution in [1.29, 1.82) is 0 Å². The quantitative estimate of drug-likeness (QED) is 0.820. The number of anilines is 1. The normalized spacial score (nSPS) is 9.80. The summed E-state index contributed by atoms with van der Waals surface area (Å²) < 4.78 is 13.1. The summed E-state index contributed by atoms with van der Waals surface area (Å²) in [6, 6.07) is 2.15. The van der Waals surface area contributed by atoms with Crippen LogP contribution in [-0.4, -0.2) is 17.0 Å². The lowest BCUT2D eigenvalue weighted by Gasteiger charge is -2.05. The van der Waals surface area contributed by atoms with Crippen molar-refractivity contribution in [2.75, 3.05) is 5.32 Å². The minimum Gasteiger partial charge on any atom is -0.478 e. The number of hydrogen-bond donors (Lipinski definition) is 2. The number of halogens is 2. The molecule has 0 spiro atoms. The van der Waals surface area contributed by atoms with Crippen LogP contribution in [0.25, 0.3) is 0 Å². The Morgan fingerprint density at radius 1 is 1.47 bits per heavy atom. The lowest BCUT2D eigenvalue weighted by molar-refractivity contribution is -0.114. The molecule has 1 amide bonds. The van der Waals surface area contributed by atoms with Gasteiger partial charge in [0, 0.05) is 12.6 Å². The number of aromatic carboxylic acids is 1. The zero-order chi connectivity index (χ0) is 11.6. The van der Waals surface area contributed by atoms with Gasteiger partial charge in [-0.1, -0.05) is 11.6 Å². The number of carboxylic acid groups (broad SMARTS) is 1. The first-order valence-electron chi connectivity index (χ1n) is 3.91. The van der Waals surface area contributed by atoms with E-state index in [1.165, 1.54) is 6.92 Å². The topological polar surface area (TPSA) is 66.4 Å². The van der Waals surface area contributed by atoms with Crippen molar-refractivity contribution in [1.82, 2.24) is 0 Å². The molecule has 0 saturated carbocycles. The van der Waals surface area contributed by atoms with E-state index in [-0.39, 0.29) is 10.7 Å². The Hall–Kier alpha value is -1.62. The van der Waals surface area contributed by atoms with E-state index in [0.717, 1.165) is 12.1 Å². The molecule has 6 heteroatoms. The first-order chi connectivity index (χ1) is 6.91. The third-order valence-corrected chi connectivity index (χ3v) is 1.85. The lowest BCUT2D eigenvalue weighted by Crippen LogP contribution is -2.08.